The third-order valence-electron chi connectivity index (χ3n) is 3.21. The van der Waals surface area contributed by atoms with Gasteiger partial charge in [-0.3, -0.25) is 9.52 Å². The van der Waals surface area contributed by atoms with Gasteiger partial charge in [-0.15, -0.1) is 0 Å². The van der Waals surface area contributed by atoms with Gasteiger partial charge in [0.15, 0.2) is 0 Å². The number of benzene rings is 2. The molecule has 0 aliphatic rings. The highest BCUT2D eigenvalue weighted by Crippen LogP contribution is 2.28. The zero-order chi connectivity index (χ0) is 19.2. The first-order valence-electron chi connectivity index (χ1n) is 7.81. The van der Waals surface area contributed by atoms with Crippen LogP contribution in [0.3, 0.4) is 0 Å². The van der Waals surface area contributed by atoms with Crippen molar-refractivity contribution in [3.63, 3.8) is 0 Å². The van der Waals surface area contributed by atoms with Crippen LogP contribution in [0.1, 0.15) is 13.3 Å². The van der Waals surface area contributed by atoms with Crippen LogP contribution in [-0.2, 0) is 14.8 Å². The third kappa shape index (κ3) is 5.82. The van der Waals surface area contributed by atoms with E-state index in [4.69, 9.17) is 11.6 Å². The summed E-state index contributed by atoms with van der Waals surface area (Å²) in [4.78, 5) is 11.8. The summed E-state index contributed by atoms with van der Waals surface area (Å²) in [7, 11) is -3.90. The number of thioether (sulfide) groups is 1. The molecule has 0 heterocycles. The molecule has 0 bridgehead atoms. The van der Waals surface area contributed by atoms with Crippen molar-refractivity contribution >= 4 is 50.7 Å². The molecule has 26 heavy (non-hydrogen) atoms. The zero-order valence-electron chi connectivity index (χ0n) is 14.0. The van der Waals surface area contributed by atoms with Gasteiger partial charge in [0.25, 0.3) is 10.0 Å². The number of aromatic hydroxyl groups is 1. The van der Waals surface area contributed by atoms with Crippen LogP contribution in [0.4, 0.5) is 11.4 Å². The smallest absolute Gasteiger partial charge is 0.261 e. The SMILES string of the molecule is CCCSCC(=O)Nc1cc(S(=O)(=O)Nc2cccc(Cl)c2)ccc1O. The molecule has 2 aromatic rings. The van der Waals surface area contributed by atoms with Gasteiger partial charge in [0.05, 0.1) is 22.0 Å². The molecule has 0 radical (unpaired) electrons. The maximum atomic E-state index is 12.5. The van der Waals surface area contributed by atoms with Crippen LogP contribution in [0.25, 0.3) is 0 Å². The van der Waals surface area contributed by atoms with Gasteiger partial charge in [-0.2, -0.15) is 11.8 Å². The van der Waals surface area contributed by atoms with E-state index in [0.717, 1.165) is 12.2 Å². The van der Waals surface area contributed by atoms with Gasteiger partial charge < -0.3 is 10.4 Å². The Balaban J connectivity index is 2.18. The molecule has 0 fully saturated rings. The third-order valence-corrected chi connectivity index (χ3v) is 5.99. The number of phenolic OH excluding ortho intramolecular Hbond substituents is 1. The van der Waals surface area contributed by atoms with E-state index in [1.807, 2.05) is 6.92 Å². The van der Waals surface area contributed by atoms with Crippen LogP contribution in [0.2, 0.25) is 5.02 Å². The number of hydrogen-bond donors (Lipinski definition) is 3. The Bertz CT molecular complexity index is 888. The number of hydrogen-bond acceptors (Lipinski definition) is 5. The summed E-state index contributed by atoms with van der Waals surface area (Å²) in [6.07, 6.45) is 0.950. The molecule has 2 rings (SSSR count). The van der Waals surface area contributed by atoms with E-state index in [9.17, 15) is 18.3 Å². The van der Waals surface area contributed by atoms with Crippen molar-refractivity contribution in [2.45, 2.75) is 18.2 Å². The fourth-order valence-electron chi connectivity index (χ4n) is 2.04. The second kappa shape index (κ2) is 9.16. The lowest BCUT2D eigenvalue weighted by Crippen LogP contribution is -2.16. The van der Waals surface area contributed by atoms with E-state index in [0.29, 0.717) is 10.7 Å². The summed E-state index contributed by atoms with van der Waals surface area (Å²) < 4.78 is 27.4. The van der Waals surface area contributed by atoms with Gasteiger partial charge in [-0.25, -0.2) is 8.42 Å². The van der Waals surface area contributed by atoms with E-state index >= 15 is 0 Å². The van der Waals surface area contributed by atoms with Crippen molar-refractivity contribution in [3.05, 3.63) is 47.5 Å². The zero-order valence-corrected chi connectivity index (χ0v) is 16.4. The number of anilines is 2. The number of carbonyl (C=O) groups excluding carboxylic acids is 1. The Morgan fingerprint density at radius 3 is 2.69 bits per heavy atom. The normalized spacial score (nSPS) is 11.2. The second-order valence-electron chi connectivity index (χ2n) is 5.40. The molecule has 3 N–H and O–H groups in total. The highest BCUT2D eigenvalue weighted by Gasteiger charge is 2.17. The van der Waals surface area contributed by atoms with Gasteiger partial charge in [0.2, 0.25) is 5.91 Å². The fraction of sp³-hybridized carbons (Fsp3) is 0.235. The Kier molecular flexibility index (Phi) is 7.19. The van der Waals surface area contributed by atoms with E-state index < -0.39 is 10.0 Å². The number of nitrogens with one attached hydrogen (secondary N) is 2. The van der Waals surface area contributed by atoms with Gasteiger partial charge in [0, 0.05) is 5.02 Å². The standard InChI is InChI=1S/C17H19ClN2O4S2/c1-2-8-25-11-17(22)19-15-10-14(6-7-16(15)21)26(23,24)20-13-5-3-4-12(18)9-13/h3-7,9-10,20-21H,2,8,11H2,1H3,(H,19,22). The van der Waals surface area contributed by atoms with Crippen molar-refractivity contribution in [2.24, 2.45) is 0 Å². The van der Waals surface area contributed by atoms with E-state index in [-0.39, 0.29) is 28.0 Å². The first-order chi connectivity index (χ1) is 12.3. The molecule has 6 nitrogen and oxygen atoms in total. The molecule has 0 aromatic heterocycles. The van der Waals surface area contributed by atoms with Crippen LogP contribution < -0.4 is 10.0 Å². The molecule has 0 aliphatic carbocycles. The minimum absolute atomic E-state index is 0.0427. The Morgan fingerprint density at radius 1 is 1.23 bits per heavy atom. The average molecular weight is 415 g/mol. The molecule has 0 unspecified atom stereocenters. The maximum Gasteiger partial charge on any atom is 0.261 e. The lowest BCUT2D eigenvalue weighted by molar-refractivity contribution is -0.113. The monoisotopic (exact) mass is 414 g/mol. The summed E-state index contributed by atoms with van der Waals surface area (Å²) in [6, 6.07) is 9.99. The number of sulfonamides is 1. The molecule has 0 saturated carbocycles. The molecule has 0 atom stereocenters. The predicted molar refractivity (Wildman–Crippen MR) is 107 cm³/mol. The molecule has 140 valence electrons. The minimum Gasteiger partial charge on any atom is -0.506 e. The van der Waals surface area contributed by atoms with Gasteiger partial charge >= 0.3 is 0 Å². The minimum atomic E-state index is -3.90. The number of phenols is 1. The topological polar surface area (TPSA) is 95.5 Å². The molecule has 0 saturated heterocycles. The van der Waals surface area contributed by atoms with Crippen molar-refractivity contribution in [3.8, 4) is 5.75 Å². The summed E-state index contributed by atoms with van der Waals surface area (Å²) >= 11 is 7.32. The summed E-state index contributed by atoms with van der Waals surface area (Å²) in [6.45, 7) is 2.01. The van der Waals surface area contributed by atoms with Crippen molar-refractivity contribution in [2.75, 3.05) is 21.5 Å². The first-order valence-corrected chi connectivity index (χ1v) is 10.8. The predicted octanol–water partition coefficient (Wildman–Crippen LogP) is 3.93. The lowest BCUT2D eigenvalue weighted by Gasteiger charge is -2.12. The molecule has 0 aliphatic heterocycles. The summed E-state index contributed by atoms with van der Waals surface area (Å²) in [5, 5.41) is 12.8. The fourth-order valence-corrected chi connectivity index (χ4v) is 4.00. The van der Waals surface area contributed by atoms with Crippen molar-refractivity contribution in [1.29, 1.82) is 0 Å². The molecule has 0 spiro atoms. The summed E-state index contributed by atoms with van der Waals surface area (Å²) in [5.74, 6) is 0.555. The van der Waals surface area contributed by atoms with E-state index in [2.05, 4.69) is 10.0 Å². The van der Waals surface area contributed by atoms with Gasteiger partial charge in [0.1, 0.15) is 5.75 Å². The largest absolute Gasteiger partial charge is 0.506 e. The van der Waals surface area contributed by atoms with Gasteiger partial charge in [-0.05, 0) is 48.6 Å². The van der Waals surface area contributed by atoms with Crippen LogP contribution >= 0.6 is 23.4 Å². The highest BCUT2D eigenvalue weighted by molar-refractivity contribution is 7.99. The molecule has 9 heteroatoms. The molecule has 2 aromatic carbocycles. The number of amides is 1. The second-order valence-corrected chi connectivity index (χ2v) is 8.62. The Labute approximate surface area is 162 Å². The van der Waals surface area contributed by atoms with E-state index in [1.54, 1.807) is 18.2 Å². The van der Waals surface area contributed by atoms with Crippen molar-refractivity contribution < 1.29 is 18.3 Å². The molecule has 1 amide bonds. The molecular formula is C17H19ClN2O4S2. The van der Waals surface area contributed by atoms with Crippen LogP contribution in [-0.4, -0.2) is 30.9 Å². The quantitative estimate of drug-likeness (QED) is 0.449. The number of halogens is 1. The van der Waals surface area contributed by atoms with E-state index in [1.165, 1.54) is 36.0 Å². The van der Waals surface area contributed by atoms with Crippen molar-refractivity contribution in [1.82, 2.24) is 0 Å². The number of carbonyl (C=O) groups is 1. The van der Waals surface area contributed by atoms with Gasteiger partial charge in [-0.1, -0.05) is 24.6 Å². The lowest BCUT2D eigenvalue weighted by atomic mass is 10.3. The van der Waals surface area contributed by atoms with Crippen LogP contribution in [0, 0.1) is 0 Å². The van der Waals surface area contributed by atoms with Crippen LogP contribution in [0.5, 0.6) is 5.75 Å². The average Bonchev–Trinajstić information content (AvgIpc) is 2.56. The van der Waals surface area contributed by atoms with Crippen LogP contribution in [0.15, 0.2) is 47.4 Å². The first kappa shape index (κ1) is 20.4. The number of rotatable bonds is 8. The Hall–Kier alpha value is -1.90. The highest BCUT2D eigenvalue weighted by atomic mass is 35.5. The summed E-state index contributed by atoms with van der Waals surface area (Å²) in [5.41, 5.74) is 0.355. The Morgan fingerprint density at radius 2 is 2.00 bits per heavy atom. The molecular weight excluding hydrogens is 396 g/mol. The maximum absolute atomic E-state index is 12.5.